The molecule has 0 spiro atoms. The zero-order chi connectivity index (χ0) is 16.4. The van der Waals surface area contributed by atoms with Gasteiger partial charge < -0.3 is 15.4 Å². The first-order chi connectivity index (χ1) is 11.3. The van der Waals surface area contributed by atoms with Crippen LogP contribution in [0.5, 0.6) is 0 Å². The Morgan fingerprint density at radius 1 is 1.30 bits per heavy atom. The fourth-order valence-electron chi connectivity index (χ4n) is 3.24. The Morgan fingerprint density at radius 2 is 2.13 bits per heavy atom. The van der Waals surface area contributed by atoms with Gasteiger partial charge in [-0.25, -0.2) is 4.99 Å². The van der Waals surface area contributed by atoms with Crippen LogP contribution in [0, 0.1) is 5.41 Å². The van der Waals surface area contributed by atoms with Crippen LogP contribution in [0.2, 0.25) is 0 Å². The summed E-state index contributed by atoms with van der Waals surface area (Å²) < 4.78 is 5.60. The molecule has 1 heterocycles. The van der Waals surface area contributed by atoms with Gasteiger partial charge in [-0.1, -0.05) is 12.8 Å². The molecule has 0 radical (unpaired) electrons. The van der Waals surface area contributed by atoms with Crippen molar-refractivity contribution in [3.8, 4) is 0 Å². The molecule has 2 rings (SSSR count). The maximum atomic E-state index is 5.60. The number of hydrogen-bond donors (Lipinski definition) is 2. The van der Waals surface area contributed by atoms with Crippen molar-refractivity contribution in [1.29, 1.82) is 0 Å². The van der Waals surface area contributed by atoms with Crippen molar-refractivity contribution in [2.75, 3.05) is 26.3 Å². The maximum Gasteiger partial charge on any atom is 0.191 e. The Balaban J connectivity index is 1.88. The van der Waals surface area contributed by atoms with Gasteiger partial charge in [0.15, 0.2) is 5.96 Å². The molecule has 1 aromatic heterocycles. The van der Waals surface area contributed by atoms with Crippen LogP contribution in [-0.2, 0) is 11.3 Å². The van der Waals surface area contributed by atoms with E-state index in [2.05, 4.69) is 41.3 Å². The van der Waals surface area contributed by atoms with Gasteiger partial charge in [0.1, 0.15) is 0 Å². The van der Waals surface area contributed by atoms with E-state index in [1.54, 1.807) is 11.3 Å². The van der Waals surface area contributed by atoms with E-state index in [9.17, 15) is 0 Å². The molecule has 2 N–H and O–H groups in total. The number of aliphatic imine (C=N–C) groups is 1. The van der Waals surface area contributed by atoms with Crippen molar-refractivity contribution < 1.29 is 4.74 Å². The lowest BCUT2D eigenvalue weighted by Crippen LogP contribution is -2.43. The number of rotatable bonds is 9. The van der Waals surface area contributed by atoms with Crippen molar-refractivity contribution in [1.82, 2.24) is 10.6 Å². The van der Waals surface area contributed by atoms with Crippen LogP contribution < -0.4 is 10.6 Å². The lowest BCUT2D eigenvalue weighted by Gasteiger charge is -2.30. The highest BCUT2D eigenvalue weighted by atomic mass is 32.1. The average Bonchev–Trinajstić information content (AvgIpc) is 3.23. The van der Waals surface area contributed by atoms with Crippen LogP contribution in [0.4, 0.5) is 0 Å². The lowest BCUT2D eigenvalue weighted by atomic mass is 9.83. The summed E-state index contributed by atoms with van der Waals surface area (Å²) >= 11 is 1.72. The molecule has 130 valence electrons. The SMILES string of the molecule is CCNC(=NCc1ccsc1)NCC1(CCOCC)CCCC1. The third-order valence-corrected chi connectivity index (χ3v) is 5.35. The zero-order valence-corrected chi connectivity index (χ0v) is 15.4. The summed E-state index contributed by atoms with van der Waals surface area (Å²) in [5.41, 5.74) is 1.66. The van der Waals surface area contributed by atoms with E-state index in [4.69, 9.17) is 9.73 Å². The normalized spacial score (nSPS) is 17.4. The maximum absolute atomic E-state index is 5.60. The molecule has 0 atom stereocenters. The molecule has 1 aromatic rings. The molecule has 0 aliphatic heterocycles. The molecular weight excluding hydrogens is 306 g/mol. The number of thiophene rings is 1. The highest BCUT2D eigenvalue weighted by Crippen LogP contribution is 2.40. The summed E-state index contributed by atoms with van der Waals surface area (Å²) in [5, 5.41) is 11.2. The fraction of sp³-hybridized carbons (Fsp3) is 0.722. The topological polar surface area (TPSA) is 45.7 Å². The van der Waals surface area contributed by atoms with Crippen molar-refractivity contribution in [2.45, 2.75) is 52.5 Å². The summed E-state index contributed by atoms with van der Waals surface area (Å²) in [5.74, 6) is 0.932. The third-order valence-electron chi connectivity index (χ3n) is 4.62. The summed E-state index contributed by atoms with van der Waals surface area (Å²) in [6.07, 6.45) is 6.44. The molecule has 0 aromatic carbocycles. The molecule has 1 saturated carbocycles. The van der Waals surface area contributed by atoms with E-state index < -0.39 is 0 Å². The van der Waals surface area contributed by atoms with Crippen LogP contribution in [0.1, 0.15) is 51.5 Å². The molecule has 0 saturated heterocycles. The second-order valence-corrected chi connectivity index (χ2v) is 7.11. The molecule has 1 aliphatic carbocycles. The number of hydrogen-bond acceptors (Lipinski definition) is 3. The van der Waals surface area contributed by atoms with E-state index in [1.807, 2.05) is 0 Å². The molecule has 23 heavy (non-hydrogen) atoms. The Kier molecular flexibility index (Phi) is 7.89. The van der Waals surface area contributed by atoms with Gasteiger partial charge in [-0.15, -0.1) is 0 Å². The first-order valence-electron chi connectivity index (χ1n) is 8.89. The lowest BCUT2D eigenvalue weighted by molar-refractivity contribution is 0.105. The summed E-state index contributed by atoms with van der Waals surface area (Å²) in [6, 6.07) is 2.14. The second-order valence-electron chi connectivity index (χ2n) is 6.33. The minimum atomic E-state index is 0.383. The van der Waals surface area contributed by atoms with Crippen LogP contribution in [-0.4, -0.2) is 32.3 Å². The fourth-order valence-corrected chi connectivity index (χ4v) is 3.90. The smallest absolute Gasteiger partial charge is 0.191 e. The van der Waals surface area contributed by atoms with E-state index in [0.717, 1.165) is 45.2 Å². The van der Waals surface area contributed by atoms with Gasteiger partial charge in [-0.2, -0.15) is 11.3 Å². The number of ether oxygens (including phenoxy) is 1. The Bertz CT molecular complexity index is 453. The summed E-state index contributed by atoms with van der Waals surface area (Å²) in [6.45, 7) is 8.50. The van der Waals surface area contributed by atoms with E-state index in [-0.39, 0.29) is 0 Å². The molecule has 0 amide bonds. The summed E-state index contributed by atoms with van der Waals surface area (Å²) in [7, 11) is 0. The van der Waals surface area contributed by atoms with Gasteiger partial charge in [0.05, 0.1) is 6.54 Å². The highest BCUT2D eigenvalue weighted by molar-refractivity contribution is 7.07. The van der Waals surface area contributed by atoms with Crippen molar-refractivity contribution in [3.05, 3.63) is 22.4 Å². The van der Waals surface area contributed by atoms with Crippen LogP contribution in [0.25, 0.3) is 0 Å². The van der Waals surface area contributed by atoms with Crippen LogP contribution in [0.3, 0.4) is 0 Å². The Morgan fingerprint density at radius 3 is 2.78 bits per heavy atom. The van der Waals surface area contributed by atoms with E-state index in [0.29, 0.717) is 5.41 Å². The molecule has 1 aliphatic rings. The van der Waals surface area contributed by atoms with Gasteiger partial charge >= 0.3 is 0 Å². The highest BCUT2D eigenvalue weighted by Gasteiger charge is 2.33. The number of guanidine groups is 1. The van der Waals surface area contributed by atoms with Gasteiger partial charge in [0.25, 0.3) is 0 Å². The van der Waals surface area contributed by atoms with Crippen LogP contribution in [0.15, 0.2) is 21.8 Å². The van der Waals surface area contributed by atoms with E-state index in [1.165, 1.54) is 31.2 Å². The molecule has 1 fully saturated rings. The Labute approximate surface area is 144 Å². The predicted molar refractivity (Wildman–Crippen MR) is 99.1 cm³/mol. The molecular formula is C18H31N3OS. The largest absolute Gasteiger partial charge is 0.382 e. The molecule has 5 heteroatoms. The van der Waals surface area contributed by atoms with Crippen molar-refractivity contribution in [2.24, 2.45) is 10.4 Å². The van der Waals surface area contributed by atoms with Crippen molar-refractivity contribution in [3.63, 3.8) is 0 Å². The van der Waals surface area contributed by atoms with E-state index >= 15 is 0 Å². The predicted octanol–water partition coefficient (Wildman–Crippen LogP) is 3.79. The minimum absolute atomic E-state index is 0.383. The van der Waals surface area contributed by atoms with Gasteiger partial charge in [0.2, 0.25) is 0 Å². The Hall–Kier alpha value is -1.07. The zero-order valence-electron chi connectivity index (χ0n) is 14.6. The van der Waals surface area contributed by atoms with Gasteiger partial charge in [0, 0.05) is 26.3 Å². The number of nitrogens with zero attached hydrogens (tertiary/aromatic N) is 1. The third kappa shape index (κ3) is 6.15. The minimum Gasteiger partial charge on any atom is -0.382 e. The van der Waals surface area contributed by atoms with Gasteiger partial charge in [-0.05, 0) is 60.9 Å². The first-order valence-corrected chi connectivity index (χ1v) is 9.83. The second kappa shape index (κ2) is 9.93. The van der Waals surface area contributed by atoms with Crippen molar-refractivity contribution >= 4 is 17.3 Å². The molecule has 4 nitrogen and oxygen atoms in total. The molecule has 0 bridgehead atoms. The quantitative estimate of drug-likeness (QED) is 0.409. The van der Waals surface area contributed by atoms with Crippen LogP contribution >= 0.6 is 11.3 Å². The summed E-state index contributed by atoms with van der Waals surface area (Å²) in [4.78, 5) is 4.71. The first kappa shape index (κ1) is 18.3. The van der Waals surface area contributed by atoms with Gasteiger partial charge in [-0.3, -0.25) is 0 Å². The monoisotopic (exact) mass is 337 g/mol. The molecule has 0 unspecified atom stereocenters. The number of nitrogens with one attached hydrogen (secondary N) is 2. The standard InChI is InChI=1S/C18H31N3OS/c1-3-19-17(20-13-16-7-12-23-14-16)21-15-18(8-5-6-9-18)10-11-22-4-2/h7,12,14H,3-6,8-11,13,15H2,1-2H3,(H2,19,20,21). The average molecular weight is 338 g/mol.